The highest BCUT2D eigenvalue weighted by atomic mass is 16.5. The van der Waals surface area contributed by atoms with Gasteiger partial charge in [-0.05, 0) is 43.4 Å². The number of carboxylic acid groups (broad SMARTS) is 1. The maximum absolute atomic E-state index is 11.7. The van der Waals surface area contributed by atoms with Gasteiger partial charge in [0.15, 0.2) is 0 Å². The highest BCUT2D eigenvalue weighted by Gasteiger charge is 2.20. The number of rotatable bonds is 9. The van der Waals surface area contributed by atoms with E-state index in [2.05, 4.69) is 21.9 Å². The van der Waals surface area contributed by atoms with Crippen LogP contribution in [0.3, 0.4) is 0 Å². The van der Waals surface area contributed by atoms with E-state index in [1.807, 2.05) is 30.3 Å². The van der Waals surface area contributed by atoms with Gasteiger partial charge in [0.2, 0.25) is 0 Å². The van der Waals surface area contributed by atoms with Gasteiger partial charge in [-0.1, -0.05) is 0 Å². The molecule has 2 aromatic carbocycles. The fraction of sp³-hybridized carbons (Fsp3) is 0.360. The highest BCUT2D eigenvalue weighted by Crippen LogP contribution is 2.37. The van der Waals surface area contributed by atoms with Crippen LogP contribution in [0.1, 0.15) is 10.4 Å². The third-order valence-electron chi connectivity index (χ3n) is 6.02. The van der Waals surface area contributed by atoms with Crippen molar-refractivity contribution >= 4 is 5.97 Å². The summed E-state index contributed by atoms with van der Waals surface area (Å²) in [6.45, 7) is 5.86. The molecule has 180 valence electrons. The average molecular weight is 467 g/mol. The summed E-state index contributed by atoms with van der Waals surface area (Å²) < 4.78 is 18.4. The molecule has 0 bridgehead atoms. The van der Waals surface area contributed by atoms with Gasteiger partial charge in [0.05, 0.1) is 31.8 Å². The van der Waals surface area contributed by atoms with Gasteiger partial charge in [-0.3, -0.25) is 4.90 Å². The molecule has 1 fully saturated rings. The number of benzene rings is 2. The van der Waals surface area contributed by atoms with Gasteiger partial charge in [-0.25, -0.2) is 9.48 Å². The summed E-state index contributed by atoms with van der Waals surface area (Å²) in [5.74, 6) is 0.441. The maximum atomic E-state index is 11.7. The van der Waals surface area contributed by atoms with E-state index in [1.54, 1.807) is 23.0 Å². The molecule has 0 radical (unpaired) electrons. The molecule has 1 N–H and O–H groups in total. The normalized spacial score (nSPS) is 14.7. The Hall–Kier alpha value is -3.56. The Balaban J connectivity index is 1.50. The van der Waals surface area contributed by atoms with Crippen LogP contribution in [0.4, 0.5) is 0 Å². The number of carboxylic acids is 1. The number of methoxy groups -OCH3 is 2. The van der Waals surface area contributed by atoms with Gasteiger partial charge in [0, 0.05) is 44.4 Å². The number of hydrogen-bond acceptors (Lipinski definition) is 7. The van der Waals surface area contributed by atoms with Gasteiger partial charge >= 0.3 is 5.97 Å². The zero-order chi connectivity index (χ0) is 24.1. The Labute approximate surface area is 199 Å². The SMILES string of the molecule is COc1cc(OC)c(-c2ccnn2-c2ccc(OCCN3CCN(C)CC3)cc2)cc1C(=O)O. The second kappa shape index (κ2) is 10.6. The fourth-order valence-electron chi connectivity index (χ4n) is 4.03. The lowest BCUT2D eigenvalue weighted by molar-refractivity contribution is 0.0693. The molecule has 0 amide bonds. The van der Waals surface area contributed by atoms with Crippen LogP contribution >= 0.6 is 0 Å². The summed E-state index contributed by atoms with van der Waals surface area (Å²) in [5.41, 5.74) is 2.17. The Kier molecular flexibility index (Phi) is 7.34. The van der Waals surface area contributed by atoms with Gasteiger partial charge < -0.3 is 24.2 Å². The van der Waals surface area contributed by atoms with Crippen LogP contribution in [-0.4, -0.2) is 91.3 Å². The number of aromatic carboxylic acids is 1. The van der Waals surface area contributed by atoms with Gasteiger partial charge in [-0.2, -0.15) is 5.10 Å². The summed E-state index contributed by atoms with van der Waals surface area (Å²) in [4.78, 5) is 16.5. The van der Waals surface area contributed by atoms with Crippen LogP contribution in [0, 0.1) is 0 Å². The molecule has 9 nitrogen and oxygen atoms in total. The van der Waals surface area contributed by atoms with Crippen molar-refractivity contribution in [3.8, 4) is 34.2 Å². The van der Waals surface area contributed by atoms with E-state index in [0.29, 0.717) is 23.6 Å². The van der Waals surface area contributed by atoms with Crippen molar-refractivity contribution in [2.45, 2.75) is 0 Å². The Bertz CT molecular complexity index is 1120. The summed E-state index contributed by atoms with van der Waals surface area (Å²) in [6.07, 6.45) is 1.67. The summed E-state index contributed by atoms with van der Waals surface area (Å²) in [6, 6.07) is 12.6. The third kappa shape index (κ3) is 5.16. The van der Waals surface area contributed by atoms with Gasteiger partial charge in [-0.15, -0.1) is 0 Å². The Morgan fingerprint density at radius 2 is 1.71 bits per heavy atom. The summed E-state index contributed by atoms with van der Waals surface area (Å²) in [5, 5.41) is 14.0. The standard InChI is InChI=1S/C25H30N4O5/c1-27-10-12-28(13-11-27)14-15-34-19-6-4-18(5-7-19)29-22(8-9-26-29)20-16-21(25(30)31)24(33-3)17-23(20)32-2/h4-9,16-17H,10-15H2,1-3H3,(H,30,31). The lowest BCUT2D eigenvalue weighted by atomic mass is 10.0. The van der Waals surface area contributed by atoms with Crippen LogP contribution in [0.15, 0.2) is 48.7 Å². The molecule has 0 unspecified atom stereocenters. The predicted molar refractivity (Wildman–Crippen MR) is 128 cm³/mol. The number of piperazine rings is 1. The van der Waals surface area contributed by atoms with Gasteiger partial charge in [0.25, 0.3) is 0 Å². The van der Waals surface area contributed by atoms with E-state index in [4.69, 9.17) is 14.2 Å². The molecule has 1 saturated heterocycles. The van der Waals surface area contributed by atoms with E-state index in [9.17, 15) is 9.90 Å². The number of carbonyl (C=O) groups is 1. The molecule has 3 aromatic rings. The first-order valence-electron chi connectivity index (χ1n) is 11.2. The Morgan fingerprint density at radius 1 is 1.00 bits per heavy atom. The third-order valence-corrected chi connectivity index (χ3v) is 6.02. The summed E-state index contributed by atoms with van der Waals surface area (Å²) in [7, 11) is 5.11. The minimum absolute atomic E-state index is 0.0511. The second-order valence-corrected chi connectivity index (χ2v) is 8.17. The van der Waals surface area contributed by atoms with Crippen molar-refractivity contribution in [3.63, 3.8) is 0 Å². The number of likely N-dealkylation sites (N-methyl/N-ethyl adjacent to an activating group) is 1. The van der Waals surface area contributed by atoms with E-state index in [0.717, 1.165) is 44.2 Å². The molecule has 2 heterocycles. The molecule has 1 aromatic heterocycles. The number of hydrogen-bond donors (Lipinski definition) is 1. The largest absolute Gasteiger partial charge is 0.496 e. The average Bonchev–Trinajstić information content (AvgIpc) is 3.34. The molecule has 0 atom stereocenters. The van der Waals surface area contributed by atoms with E-state index >= 15 is 0 Å². The van der Waals surface area contributed by atoms with E-state index in [-0.39, 0.29) is 11.3 Å². The monoisotopic (exact) mass is 466 g/mol. The quantitative estimate of drug-likeness (QED) is 0.515. The Morgan fingerprint density at radius 3 is 2.35 bits per heavy atom. The number of aromatic nitrogens is 2. The van der Waals surface area contributed by atoms with Gasteiger partial charge in [0.1, 0.15) is 29.4 Å². The zero-order valence-electron chi connectivity index (χ0n) is 19.7. The fourth-order valence-corrected chi connectivity index (χ4v) is 4.03. The molecule has 0 saturated carbocycles. The van der Waals surface area contributed by atoms with Crippen LogP contribution in [0.2, 0.25) is 0 Å². The molecule has 0 aliphatic carbocycles. The van der Waals surface area contributed by atoms with Crippen LogP contribution < -0.4 is 14.2 Å². The van der Waals surface area contributed by atoms with E-state index < -0.39 is 5.97 Å². The van der Waals surface area contributed by atoms with Crippen molar-refractivity contribution in [3.05, 3.63) is 54.2 Å². The molecule has 34 heavy (non-hydrogen) atoms. The van der Waals surface area contributed by atoms with Crippen LogP contribution in [-0.2, 0) is 0 Å². The first kappa shape index (κ1) is 23.6. The van der Waals surface area contributed by atoms with Crippen molar-refractivity contribution in [1.82, 2.24) is 19.6 Å². The first-order valence-corrected chi connectivity index (χ1v) is 11.2. The molecule has 4 rings (SSSR count). The van der Waals surface area contributed by atoms with E-state index in [1.165, 1.54) is 14.2 Å². The lowest BCUT2D eigenvalue weighted by Gasteiger charge is -2.32. The van der Waals surface area contributed by atoms with Crippen molar-refractivity contribution in [2.75, 3.05) is 60.6 Å². The minimum atomic E-state index is -1.08. The van der Waals surface area contributed by atoms with Crippen LogP contribution in [0.5, 0.6) is 17.2 Å². The minimum Gasteiger partial charge on any atom is -0.496 e. The highest BCUT2D eigenvalue weighted by molar-refractivity contribution is 5.93. The molecular formula is C25H30N4O5. The molecule has 1 aliphatic rings. The molecular weight excluding hydrogens is 436 g/mol. The van der Waals surface area contributed by atoms with Crippen LogP contribution in [0.25, 0.3) is 16.9 Å². The van der Waals surface area contributed by atoms with Crippen molar-refractivity contribution in [2.24, 2.45) is 0 Å². The molecule has 9 heteroatoms. The second-order valence-electron chi connectivity index (χ2n) is 8.17. The zero-order valence-corrected chi connectivity index (χ0v) is 19.7. The van der Waals surface area contributed by atoms with Crippen molar-refractivity contribution < 1.29 is 24.1 Å². The number of ether oxygens (including phenoxy) is 3. The molecule has 1 aliphatic heterocycles. The first-order chi connectivity index (χ1) is 16.5. The topological polar surface area (TPSA) is 89.3 Å². The lowest BCUT2D eigenvalue weighted by Crippen LogP contribution is -2.45. The maximum Gasteiger partial charge on any atom is 0.339 e. The summed E-state index contributed by atoms with van der Waals surface area (Å²) >= 11 is 0. The number of nitrogens with zero attached hydrogens (tertiary/aromatic N) is 4. The predicted octanol–water partition coefficient (Wildman–Crippen LogP) is 2.88. The smallest absolute Gasteiger partial charge is 0.339 e. The molecule has 0 spiro atoms. The van der Waals surface area contributed by atoms with Crippen molar-refractivity contribution in [1.29, 1.82) is 0 Å².